The van der Waals surface area contributed by atoms with Crippen LogP contribution in [-0.2, 0) is 9.59 Å². The van der Waals surface area contributed by atoms with Gasteiger partial charge in [0, 0.05) is 15.5 Å². The molecule has 1 aromatic heterocycles. The van der Waals surface area contributed by atoms with E-state index in [1.54, 1.807) is 18.2 Å². The van der Waals surface area contributed by atoms with E-state index in [2.05, 4.69) is 10.3 Å². The summed E-state index contributed by atoms with van der Waals surface area (Å²) in [5.74, 6) is -2.54. The monoisotopic (exact) mass is 422 g/mol. The molecule has 140 valence electrons. The van der Waals surface area contributed by atoms with Crippen LogP contribution in [0.3, 0.4) is 0 Å². The molecule has 0 saturated heterocycles. The van der Waals surface area contributed by atoms with Gasteiger partial charge in [0.05, 0.1) is 22.6 Å². The van der Waals surface area contributed by atoms with Gasteiger partial charge in [-0.1, -0.05) is 35.4 Å². The number of carboxylic acid groups (broad SMARTS) is 1. The molecular weight excluding hydrogens is 407 g/mol. The van der Waals surface area contributed by atoms with Crippen LogP contribution in [-0.4, -0.2) is 22.0 Å². The van der Waals surface area contributed by atoms with E-state index in [1.165, 1.54) is 11.3 Å². The quantitative estimate of drug-likeness (QED) is 0.687. The molecule has 27 heavy (non-hydrogen) atoms. The first-order chi connectivity index (χ1) is 12.8. The van der Waals surface area contributed by atoms with Crippen molar-refractivity contribution in [2.24, 2.45) is 23.7 Å². The predicted molar refractivity (Wildman–Crippen MR) is 106 cm³/mol. The van der Waals surface area contributed by atoms with Gasteiger partial charge in [0.1, 0.15) is 0 Å². The second-order valence-electron chi connectivity index (χ2n) is 6.88. The first-order valence-corrected chi connectivity index (χ1v) is 10.1. The zero-order valence-corrected chi connectivity index (χ0v) is 16.6. The maximum absolute atomic E-state index is 12.8. The molecule has 8 heteroatoms. The van der Waals surface area contributed by atoms with Crippen LogP contribution in [0.5, 0.6) is 0 Å². The number of carboxylic acids is 1. The molecule has 0 radical (unpaired) electrons. The Labute approximate surface area is 170 Å². The predicted octanol–water partition coefficient (Wildman–Crippen LogP) is 4.89. The topological polar surface area (TPSA) is 79.3 Å². The van der Waals surface area contributed by atoms with Crippen LogP contribution in [0.15, 0.2) is 30.4 Å². The van der Waals surface area contributed by atoms with Crippen molar-refractivity contribution < 1.29 is 14.7 Å². The highest BCUT2D eigenvalue weighted by atomic mass is 35.5. The number of nitrogens with one attached hydrogen (secondary N) is 1. The van der Waals surface area contributed by atoms with Gasteiger partial charge in [-0.2, -0.15) is 0 Å². The number of thiazole rings is 1. The van der Waals surface area contributed by atoms with Crippen molar-refractivity contribution in [3.05, 3.63) is 45.3 Å². The number of nitrogens with zero attached hydrogens (tertiary/aromatic N) is 1. The lowest BCUT2D eigenvalue weighted by atomic mass is 9.82. The molecule has 2 bridgehead atoms. The summed E-state index contributed by atoms with van der Waals surface area (Å²) in [6, 6.07) is 5.17. The minimum absolute atomic E-state index is 0.0256. The Morgan fingerprint density at radius 3 is 2.59 bits per heavy atom. The Morgan fingerprint density at radius 1 is 1.22 bits per heavy atom. The molecule has 2 N–H and O–H groups in total. The minimum atomic E-state index is -0.920. The lowest BCUT2D eigenvalue weighted by molar-refractivity contribution is -0.146. The summed E-state index contributed by atoms with van der Waals surface area (Å²) in [6.07, 6.45) is 4.60. The molecule has 1 amide bonds. The smallest absolute Gasteiger partial charge is 0.307 e. The second kappa shape index (κ2) is 6.93. The molecule has 2 aliphatic carbocycles. The molecule has 2 aliphatic rings. The third kappa shape index (κ3) is 3.26. The molecule has 4 atom stereocenters. The minimum Gasteiger partial charge on any atom is -0.481 e. The number of carbonyl (C=O) groups excluding carboxylic acids is 1. The molecule has 0 aliphatic heterocycles. The van der Waals surface area contributed by atoms with E-state index in [4.69, 9.17) is 23.2 Å². The number of hydrogen-bond donors (Lipinski definition) is 2. The normalized spacial score (nSPS) is 25.7. The van der Waals surface area contributed by atoms with E-state index in [0.717, 1.165) is 16.9 Å². The van der Waals surface area contributed by atoms with E-state index >= 15 is 0 Å². The number of aliphatic carboxylic acids is 1. The molecule has 4 rings (SSSR count). The fourth-order valence-electron chi connectivity index (χ4n) is 4.09. The molecule has 2 aromatic rings. The number of aryl methyl sites for hydroxylation is 1. The third-order valence-electron chi connectivity index (χ3n) is 5.26. The number of carbonyl (C=O) groups is 2. The van der Waals surface area contributed by atoms with Gasteiger partial charge in [-0.05, 0) is 43.4 Å². The zero-order chi connectivity index (χ0) is 19.3. The van der Waals surface area contributed by atoms with Gasteiger partial charge >= 0.3 is 5.97 Å². The van der Waals surface area contributed by atoms with Crippen molar-refractivity contribution in [3.8, 4) is 11.3 Å². The van der Waals surface area contributed by atoms with Gasteiger partial charge in [-0.3, -0.25) is 9.59 Å². The summed E-state index contributed by atoms with van der Waals surface area (Å²) in [7, 11) is 0. The van der Waals surface area contributed by atoms with Crippen LogP contribution in [0.4, 0.5) is 5.13 Å². The van der Waals surface area contributed by atoms with E-state index in [1.807, 2.05) is 19.1 Å². The maximum Gasteiger partial charge on any atom is 0.307 e. The molecule has 5 nitrogen and oxygen atoms in total. The van der Waals surface area contributed by atoms with E-state index in [0.29, 0.717) is 20.9 Å². The molecule has 0 spiro atoms. The number of allylic oxidation sites excluding steroid dienone is 2. The zero-order valence-electron chi connectivity index (χ0n) is 14.3. The summed E-state index contributed by atoms with van der Waals surface area (Å²) >= 11 is 13.6. The SMILES string of the molecule is Cc1sc(NC(=O)[C@@H]2[C@@H](C(=O)O)[C@H]3C=C[C@H]2C3)nc1-c1ccc(Cl)cc1Cl. The van der Waals surface area contributed by atoms with Crippen molar-refractivity contribution in [1.82, 2.24) is 4.98 Å². The number of aromatic nitrogens is 1. The standard InChI is InChI=1S/C19H16Cl2N2O3S/c1-8-16(12-5-4-11(20)7-13(12)21)22-19(27-8)23-17(24)14-9-2-3-10(6-9)15(14)18(25)26/h2-5,7,9-10,14-15H,6H2,1H3,(H,25,26)(H,22,23,24)/t9-,10-,14-,15-/m0/s1. The van der Waals surface area contributed by atoms with Crippen molar-refractivity contribution in [2.45, 2.75) is 13.3 Å². The van der Waals surface area contributed by atoms with Crippen molar-refractivity contribution in [2.75, 3.05) is 5.32 Å². The molecule has 1 fully saturated rings. The van der Waals surface area contributed by atoms with Crippen LogP contribution in [0, 0.1) is 30.6 Å². The fourth-order valence-corrected chi connectivity index (χ4v) is 5.42. The van der Waals surface area contributed by atoms with Crippen molar-refractivity contribution in [3.63, 3.8) is 0 Å². The van der Waals surface area contributed by atoms with E-state index < -0.39 is 17.8 Å². The third-order valence-corrected chi connectivity index (χ3v) is 6.69. The Morgan fingerprint density at radius 2 is 1.93 bits per heavy atom. The van der Waals surface area contributed by atoms with Gasteiger partial charge < -0.3 is 10.4 Å². The number of anilines is 1. The summed E-state index contributed by atoms with van der Waals surface area (Å²) in [5, 5.41) is 13.8. The average molecular weight is 423 g/mol. The summed E-state index contributed by atoms with van der Waals surface area (Å²) in [5.41, 5.74) is 1.42. The average Bonchev–Trinajstić information content (AvgIpc) is 3.29. The highest BCUT2D eigenvalue weighted by Gasteiger charge is 2.51. The van der Waals surface area contributed by atoms with Gasteiger partial charge in [-0.25, -0.2) is 4.98 Å². The fraction of sp³-hybridized carbons (Fsp3) is 0.316. The number of fused-ring (bicyclic) bond motifs is 2. The second-order valence-corrected chi connectivity index (χ2v) is 8.92. The Kier molecular flexibility index (Phi) is 4.74. The van der Waals surface area contributed by atoms with Gasteiger partial charge in [-0.15, -0.1) is 11.3 Å². The lowest BCUT2D eigenvalue weighted by Gasteiger charge is -2.23. The molecule has 0 unspecified atom stereocenters. The Bertz CT molecular complexity index is 972. The van der Waals surface area contributed by atoms with Crippen molar-refractivity contribution in [1.29, 1.82) is 0 Å². The van der Waals surface area contributed by atoms with Crippen molar-refractivity contribution >= 4 is 51.5 Å². The Hall–Kier alpha value is -1.89. The first kappa shape index (κ1) is 18.5. The number of benzene rings is 1. The summed E-state index contributed by atoms with van der Waals surface area (Å²) in [4.78, 5) is 29.8. The molecule has 1 saturated carbocycles. The van der Waals surface area contributed by atoms with E-state index in [9.17, 15) is 14.7 Å². The first-order valence-electron chi connectivity index (χ1n) is 8.50. The molecule has 1 heterocycles. The van der Waals surface area contributed by atoms with Crippen LogP contribution < -0.4 is 5.32 Å². The van der Waals surface area contributed by atoms with Crippen LogP contribution in [0.1, 0.15) is 11.3 Å². The number of hydrogen-bond acceptors (Lipinski definition) is 4. The van der Waals surface area contributed by atoms with Gasteiger partial charge in [0.25, 0.3) is 0 Å². The highest BCUT2D eigenvalue weighted by molar-refractivity contribution is 7.16. The van der Waals surface area contributed by atoms with Crippen LogP contribution in [0.25, 0.3) is 11.3 Å². The summed E-state index contributed by atoms with van der Waals surface area (Å²) in [6.45, 7) is 1.90. The number of rotatable bonds is 4. The van der Waals surface area contributed by atoms with Crippen LogP contribution in [0.2, 0.25) is 10.0 Å². The van der Waals surface area contributed by atoms with E-state index in [-0.39, 0.29) is 17.7 Å². The lowest BCUT2D eigenvalue weighted by Crippen LogP contribution is -2.36. The van der Waals surface area contributed by atoms with Gasteiger partial charge in [0.15, 0.2) is 5.13 Å². The highest BCUT2D eigenvalue weighted by Crippen LogP contribution is 2.48. The van der Waals surface area contributed by atoms with Crippen LogP contribution >= 0.6 is 34.5 Å². The van der Waals surface area contributed by atoms with Gasteiger partial charge in [0.2, 0.25) is 5.91 Å². The largest absolute Gasteiger partial charge is 0.481 e. The Balaban J connectivity index is 1.58. The number of halogens is 2. The molecule has 1 aromatic carbocycles. The summed E-state index contributed by atoms with van der Waals surface area (Å²) < 4.78 is 0. The number of amides is 1. The maximum atomic E-state index is 12.8. The molecular formula is C19H16Cl2N2O3S.